The minimum atomic E-state index is -0.258. The predicted octanol–water partition coefficient (Wildman–Crippen LogP) is 2.66. The highest BCUT2D eigenvalue weighted by Crippen LogP contribution is 2.19. The maximum absolute atomic E-state index is 12.6. The van der Waals surface area contributed by atoms with Crippen LogP contribution < -0.4 is 10.5 Å². The molecule has 0 aliphatic heterocycles. The zero-order valence-corrected chi connectivity index (χ0v) is 13.9. The first-order valence-electron chi connectivity index (χ1n) is 7.83. The van der Waals surface area contributed by atoms with Gasteiger partial charge in [0.2, 0.25) is 11.6 Å². The Kier molecular flexibility index (Phi) is 4.20. The molecule has 2 heterocycles. The third-order valence-electron chi connectivity index (χ3n) is 4.15. The summed E-state index contributed by atoms with van der Waals surface area (Å²) in [7, 11) is 0. The van der Waals surface area contributed by atoms with E-state index in [1.54, 1.807) is 11.8 Å². The Bertz CT molecular complexity index is 941. The Morgan fingerprint density at radius 2 is 1.96 bits per heavy atom. The number of rotatable bonds is 4. The van der Waals surface area contributed by atoms with Gasteiger partial charge in [-0.1, -0.05) is 18.2 Å². The third-order valence-corrected chi connectivity index (χ3v) is 4.15. The van der Waals surface area contributed by atoms with E-state index in [2.05, 4.69) is 4.98 Å². The predicted molar refractivity (Wildman–Crippen MR) is 92.2 cm³/mol. The first-order valence-corrected chi connectivity index (χ1v) is 7.83. The van der Waals surface area contributed by atoms with Crippen LogP contribution in [0.4, 0.5) is 5.69 Å². The zero-order chi connectivity index (χ0) is 17.3. The second kappa shape index (κ2) is 6.31. The molecular weight excluding hydrogens is 306 g/mol. The van der Waals surface area contributed by atoms with Gasteiger partial charge in [-0.05, 0) is 32.9 Å². The van der Waals surface area contributed by atoms with Gasteiger partial charge >= 0.3 is 0 Å². The van der Waals surface area contributed by atoms with Gasteiger partial charge in [0.15, 0.2) is 0 Å². The van der Waals surface area contributed by atoms with Crippen LogP contribution >= 0.6 is 0 Å². The lowest BCUT2D eigenvalue weighted by Crippen LogP contribution is -2.36. The maximum Gasteiger partial charge on any atom is 0.265 e. The maximum atomic E-state index is 12.6. The Morgan fingerprint density at radius 1 is 1.25 bits per heavy atom. The van der Waals surface area contributed by atoms with Crippen LogP contribution in [-0.2, 0) is 11.3 Å². The molecular formula is C18H19N3O3. The van der Waals surface area contributed by atoms with Gasteiger partial charge < -0.3 is 9.32 Å². The van der Waals surface area contributed by atoms with Gasteiger partial charge in [-0.15, -0.1) is 0 Å². The molecule has 0 aliphatic carbocycles. The van der Waals surface area contributed by atoms with Gasteiger partial charge in [0, 0.05) is 17.8 Å². The number of aromatic nitrogens is 2. The van der Waals surface area contributed by atoms with Crippen molar-refractivity contribution in [3.05, 3.63) is 58.3 Å². The van der Waals surface area contributed by atoms with Gasteiger partial charge in [-0.2, -0.15) is 0 Å². The molecule has 0 N–H and O–H groups in total. The molecule has 1 amide bonds. The van der Waals surface area contributed by atoms with E-state index in [9.17, 15) is 9.59 Å². The summed E-state index contributed by atoms with van der Waals surface area (Å²) in [6.45, 7) is 5.98. The highest BCUT2D eigenvalue weighted by molar-refractivity contribution is 5.93. The molecule has 0 unspecified atom stereocenters. The molecule has 24 heavy (non-hydrogen) atoms. The standard InChI is InChI=1S/C18H19N3O3/c1-4-21(14-8-6-5-7-9-14)15(22)10-20-11-19-17-16(18(20)23)12(2)13(3)24-17/h5-9,11H,4,10H2,1-3H3. The molecule has 0 spiro atoms. The molecule has 0 fully saturated rings. The average Bonchev–Trinajstić information content (AvgIpc) is 2.87. The topological polar surface area (TPSA) is 68.3 Å². The summed E-state index contributed by atoms with van der Waals surface area (Å²) in [5.41, 5.74) is 1.63. The summed E-state index contributed by atoms with van der Waals surface area (Å²) in [6, 6.07) is 9.39. The fourth-order valence-electron chi connectivity index (χ4n) is 2.72. The number of benzene rings is 1. The van der Waals surface area contributed by atoms with E-state index in [1.165, 1.54) is 10.9 Å². The Balaban J connectivity index is 1.94. The van der Waals surface area contributed by atoms with Crippen molar-refractivity contribution in [3.8, 4) is 0 Å². The van der Waals surface area contributed by atoms with Gasteiger partial charge in [-0.25, -0.2) is 4.98 Å². The van der Waals surface area contributed by atoms with Crippen molar-refractivity contribution in [3.63, 3.8) is 0 Å². The fourth-order valence-corrected chi connectivity index (χ4v) is 2.72. The number of hydrogen-bond donors (Lipinski definition) is 0. The number of furan rings is 1. The lowest BCUT2D eigenvalue weighted by molar-refractivity contribution is -0.119. The first kappa shape index (κ1) is 16.0. The van der Waals surface area contributed by atoms with Crippen molar-refractivity contribution in [2.75, 3.05) is 11.4 Å². The molecule has 1 aromatic carbocycles. The molecule has 2 aromatic heterocycles. The van der Waals surface area contributed by atoms with Gasteiger partial charge in [0.25, 0.3) is 5.56 Å². The number of para-hydroxylation sites is 1. The molecule has 3 aromatic rings. The van der Waals surface area contributed by atoms with Crippen molar-refractivity contribution in [1.29, 1.82) is 0 Å². The monoisotopic (exact) mass is 325 g/mol. The molecule has 124 valence electrons. The Morgan fingerprint density at radius 3 is 2.62 bits per heavy atom. The molecule has 6 heteroatoms. The van der Waals surface area contributed by atoms with Crippen LogP contribution in [0.25, 0.3) is 11.1 Å². The van der Waals surface area contributed by atoms with Gasteiger partial charge in [0.1, 0.15) is 24.0 Å². The lowest BCUT2D eigenvalue weighted by Gasteiger charge is -2.21. The minimum Gasteiger partial charge on any atom is -0.443 e. The normalized spacial score (nSPS) is 11.0. The number of amides is 1. The van der Waals surface area contributed by atoms with Crippen LogP contribution in [0.1, 0.15) is 18.2 Å². The van der Waals surface area contributed by atoms with E-state index in [4.69, 9.17) is 4.42 Å². The van der Waals surface area contributed by atoms with Gasteiger partial charge in [-0.3, -0.25) is 14.2 Å². The second-order valence-electron chi connectivity index (χ2n) is 5.61. The smallest absolute Gasteiger partial charge is 0.265 e. The summed E-state index contributed by atoms with van der Waals surface area (Å²) in [5, 5.41) is 0.436. The van der Waals surface area contributed by atoms with E-state index >= 15 is 0 Å². The number of carbonyl (C=O) groups excluding carboxylic acids is 1. The lowest BCUT2D eigenvalue weighted by atomic mass is 10.2. The summed E-state index contributed by atoms with van der Waals surface area (Å²) in [5.74, 6) is 0.503. The van der Waals surface area contributed by atoms with Crippen LogP contribution in [0.15, 0.2) is 45.9 Å². The number of nitrogens with zero attached hydrogens (tertiary/aromatic N) is 3. The highest BCUT2D eigenvalue weighted by atomic mass is 16.3. The summed E-state index contributed by atoms with van der Waals surface area (Å²) < 4.78 is 6.79. The third kappa shape index (κ3) is 2.71. The highest BCUT2D eigenvalue weighted by Gasteiger charge is 2.18. The van der Waals surface area contributed by atoms with E-state index in [0.29, 0.717) is 23.4 Å². The van der Waals surface area contributed by atoms with Crippen LogP contribution in [-0.4, -0.2) is 22.0 Å². The second-order valence-corrected chi connectivity index (χ2v) is 5.61. The number of hydrogen-bond acceptors (Lipinski definition) is 4. The molecule has 6 nitrogen and oxygen atoms in total. The Hall–Kier alpha value is -2.89. The molecule has 0 atom stereocenters. The average molecular weight is 325 g/mol. The summed E-state index contributed by atoms with van der Waals surface area (Å²) in [6.07, 6.45) is 1.36. The van der Waals surface area contributed by atoms with Crippen molar-refractivity contribution >= 4 is 22.7 Å². The zero-order valence-electron chi connectivity index (χ0n) is 13.9. The van der Waals surface area contributed by atoms with Crippen LogP contribution in [0, 0.1) is 13.8 Å². The molecule has 0 bridgehead atoms. The number of anilines is 1. The summed E-state index contributed by atoms with van der Waals surface area (Å²) >= 11 is 0. The number of aryl methyl sites for hydroxylation is 2. The largest absolute Gasteiger partial charge is 0.443 e. The van der Waals surface area contributed by atoms with Crippen molar-refractivity contribution in [2.45, 2.75) is 27.3 Å². The first-order chi connectivity index (χ1) is 11.5. The van der Waals surface area contributed by atoms with Crippen molar-refractivity contribution < 1.29 is 9.21 Å². The minimum absolute atomic E-state index is 0.0613. The molecule has 0 radical (unpaired) electrons. The molecule has 0 saturated heterocycles. The van der Waals surface area contributed by atoms with Crippen LogP contribution in [0.2, 0.25) is 0 Å². The SMILES string of the molecule is CCN(C(=O)Cn1cnc2oc(C)c(C)c2c1=O)c1ccccc1. The van der Waals surface area contributed by atoms with Crippen LogP contribution in [0.3, 0.4) is 0 Å². The molecule has 0 saturated carbocycles. The van der Waals surface area contributed by atoms with E-state index < -0.39 is 0 Å². The number of fused-ring (bicyclic) bond motifs is 1. The van der Waals surface area contributed by atoms with E-state index in [0.717, 1.165) is 11.3 Å². The quantitative estimate of drug-likeness (QED) is 0.739. The van der Waals surface area contributed by atoms with Crippen LogP contribution in [0.5, 0.6) is 0 Å². The van der Waals surface area contributed by atoms with E-state index in [1.807, 2.05) is 44.2 Å². The van der Waals surface area contributed by atoms with Gasteiger partial charge in [0.05, 0.1) is 0 Å². The Labute approximate surface area is 139 Å². The molecule has 0 aliphatic rings. The molecule has 3 rings (SSSR count). The van der Waals surface area contributed by atoms with E-state index in [-0.39, 0.29) is 18.0 Å². The van der Waals surface area contributed by atoms with Crippen molar-refractivity contribution in [1.82, 2.24) is 9.55 Å². The number of carbonyl (C=O) groups is 1. The van der Waals surface area contributed by atoms with Crippen molar-refractivity contribution in [2.24, 2.45) is 0 Å². The number of likely N-dealkylation sites (N-methyl/N-ethyl adjacent to an activating group) is 1. The summed E-state index contributed by atoms with van der Waals surface area (Å²) in [4.78, 5) is 31.1. The fraction of sp³-hybridized carbons (Fsp3) is 0.278.